The normalized spacial score (nSPS) is 14.4. The summed E-state index contributed by atoms with van der Waals surface area (Å²) in [4.78, 5) is 38.6. The molecule has 1 aliphatic rings. The Morgan fingerprint density at radius 2 is 1.86 bits per heavy atom. The highest BCUT2D eigenvalue weighted by atomic mass is 79.9. The van der Waals surface area contributed by atoms with Gasteiger partial charge in [0.05, 0.1) is 19.1 Å². The van der Waals surface area contributed by atoms with Crippen molar-refractivity contribution in [2.24, 2.45) is 0 Å². The van der Waals surface area contributed by atoms with E-state index in [1.807, 2.05) is 11.8 Å². The first kappa shape index (κ1) is 22.4. The van der Waals surface area contributed by atoms with Gasteiger partial charge >= 0.3 is 5.97 Å². The van der Waals surface area contributed by atoms with Crippen molar-refractivity contribution in [1.29, 1.82) is 0 Å². The highest BCUT2D eigenvalue weighted by Gasteiger charge is 2.25. The number of likely N-dealkylation sites (N-methyl/N-ethyl adjacent to an activating group) is 1. The number of hydrogen-bond donors (Lipinski definition) is 0. The van der Waals surface area contributed by atoms with Gasteiger partial charge in [0, 0.05) is 23.5 Å². The van der Waals surface area contributed by atoms with Crippen molar-refractivity contribution in [1.82, 2.24) is 4.90 Å². The number of halogens is 1. The third-order valence-electron chi connectivity index (χ3n) is 5.05. The van der Waals surface area contributed by atoms with E-state index in [0.717, 1.165) is 30.2 Å². The average molecular weight is 454 g/mol. The van der Waals surface area contributed by atoms with Crippen molar-refractivity contribution in [2.45, 2.75) is 57.9 Å². The molecule has 1 aliphatic carbocycles. The molecule has 0 saturated heterocycles. The van der Waals surface area contributed by atoms with Gasteiger partial charge in [-0.25, -0.2) is 0 Å². The minimum atomic E-state index is -0.546. The van der Waals surface area contributed by atoms with E-state index in [2.05, 4.69) is 15.9 Å². The van der Waals surface area contributed by atoms with Gasteiger partial charge in [-0.15, -0.1) is 0 Å². The van der Waals surface area contributed by atoms with Gasteiger partial charge in [0.2, 0.25) is 0 Å². The van der Waals surface area contributed by atoms with Gasteiger partial charge in [-0.3, -0.25) is 14.4 Å². The van der Waals surface area contributed by atoms with Gasteiger partial charge in [0.25, 0.3) is 5.91 Å². The largest absolute Gasteiger partial charge is 0.496 e. The topological polar surface area (TPSA) is 72.9 Å². The zero-order chi connectivity index (χ0) is 20.5. The highest BCUT2D eigenvalue weighted by Crippen LogP contribution is 2.25. The molecular formula is C21H28BrNO5. The van der Waals surface area contributed by atoms with Crippen LogP contribution >= 0.6 is 15.9 Å². The number of rotatable bonds is 9. The summed E-state index contributed by atoms with van der Waals surface area (Å²) in [6.07, 6.45) is 5.43. The lowest BCUT2D eigenvalue weighted by Crippen LogP contribution is -2.43. The van der Waals surface area contributed by atoms with E-state index in [4.69, 9.17) is 9.47 Å². The van der Waals surface area contributed by atoms with E-state index in [-0.39, 0.29) is 37.2 Å². The molecule has 154 valence electrons. The van der Waals surface area contributed by atoms with Crippen LogP contribution in [0.15, 0.2) is 22.7 Å². The molecule has 0 radical (unpaired) electrons. The Morgan fingerprint density at radius 1 is 1.14 bits per heavy atom. The summed E-state index contributed by atoms with van der Waals surface area (Å²) >= 11 is 3.33. The van der Waals surface area contributed by atoms with Crippen LogP contribution in [-0.4, -0.2) is 48.9 Å². The number of benzene rings is 1. The summed E-state index contributed by atoms with van der Waals surface area (Å²) in [5.74, 6) is -0.459. The van der Waals surface area contributed by atoms with Crippen LogP contribution in [0.3, 0.4) is 0 Å². The second-order valence-electron chi connectivity index (χ2n) is 6.90. The number of ketones is 1. The Hall–Kier alpha value is -1.89. The summed E-state index contributed by atoms with van der Waals surface area (Å²) in [5, 5.41) is 0. The first-order valence-corrected chi connectivity index (χ1v) is 10.6. The molecule has 28 heavy (non-hydrogen) atoms. The number of Topliss-reactive ketones (excluding diaryl/α,β-unsaturated/α-hetero) is 1. The van der Waals surface area contributed by atoms with Crippen LogP contribution < -0.4 is 4.74 Å². The lowest BCUT2D eigenvalue weighted by Gasteiger charge is -2.33. The fourth-order valence-electron chi connectivity index (χ4n) is 3.58. The van der Waals surface area contributed by atoms with Crippen molar-refractivity contribution in [3.63, 3.8) is 0 Å². The summed E-state index contributed by atoms with van der Waals surface area (Å²) < 4.78 is 11.1. The number of hydrogen-bond acceptors (Lipinski definition) is 5. The van der Waals surface area contributed by atoms with E-state index in [9.17, 15) is 14.4 Å². The van der Waals surface area contributed by atoms with Crippen LogP contribution in [0.1, 0.15) is 62.2 Å². The second kappa shape index (κ2) is 11.2. The zero-order valence-electron chi connectivity index (χ0n) is 16.5. The smallest absolute Gasteiger partial charge is 0.306 e. The first-order chi connectivity index (χ1) is 13.5. The summed E-state index contributed by atoms with van der Waals surface area (Å²) in [6.45, 7) is 2.29. The highest BCUT2D eigenvalue weighted by molar-refractivity contribution is 9.10. The number of esters is 1. The fraction of sp³-hybridized carbons (Fsp3) is 0.571. The molecule has 1 amide bonds. The van der Waals surface area contributed by atoms with Crippen LogP contribution in [-0.2, 0) is 14.3 Å². The first-order valence-electron chi connectivity index (χ1n) is 9.78. The standard InChI is InChI=1S/C21H28BrNO5/c1-3-23(16-7-5-4-6-8-16)20(25)14-28-21(26)12-10-18(24)17-13-15(22)9-11-19(17)27-2/h9,11,13,16H,3-8,10,12,14H2,1-2H3. The molecule has 0 unspecified atom stereocenters. The van der Waals surface area contributed by atoms with Gasteiger partial charge in [-0.2, -0.15) is 0 Å². The molecule has 0 aromatic heterocycles. The quantitative estimate of drug-likeness (QED) is 0.414. The fourth-order valence-corrected chi connectivity index (χ4v) is 3.94. The van der Waals surface area contributed by atoms with Crippen LogP contribution in [0.5, 0.6) is 5.75 Å². The number of amides is 1. The van der Waals surface area contributed by atoms with Crippen LogP contribution in [0.25, 0.3) is 0 Å². The van der Waals surface area contributed by atoms with E-state index < -0.39 is 5.97 Å². The van der Waals surface area contributed by atoms with E-state index in [1.165, 1.54) is 13.5 Å². The number of methoxy groups -OCH3 is 1. The van der Waals surface area contributed by atoms with Crippen molar-refractivity contribution < 1.29 is 23.9 Å². The minimum absolute atomic E-state index is 0.0000454. The third-order valence-corrected chi connectivity index (χ3v) is 5.54. The number of carbonyl (C=O) groups excluding carboxylic acids is 3. The molecule has 1 aromatic rings. The molecule has 0 spiro atoms. The maximum atomic E-state index is 12.4. The maximum Gasteiger partial charge on any atom is 0.306 e. The Morgan fingerprint density at radius 3 is 2.50 bits per heavy atom. The average Bonchev–Trinajstić information content (AvgIpc) is 2.71. The predicted molar refractivity (Wildman–Crippen MR) is 109 cm³/mol. The molecule has 0 heterocycles. The lowest BCUT2D eigenvalue weighted by molar-refractivity contribution is -0.153. The number of carbonyl (C=O) groups is 3. The molecule has 2 rings (SSSR count). The molecule has 0 bridgehead atoms. The van der Waals surface area contributed by atoms with Crippen LogP contribution in [0.4, 0.5) is 0 Å². The number of nitrogens with zero attached hydrogens (tertiary/aromatic N) is 1. The third kappa shape index (κ3) is 6.33. The van der Waals surface area contributed by atoms with Gasteiger partial charge < -0.3 is 14.4 Å². The SMILES string of the molecule is CCN(C(=O)COC(=O)CCC(=O)c1cc(Br)ccc1OC)C1CCCCC1. The summed E-state index contributed by atoms with van der Waals surface area (Å²) in [6, 6.07) is 5.38. The Labute approximate surface area is 174 Å². The molecule has 0 N–H and O–H groups in total. The van der Waals surface area contributed by atoms with Gasteiger partial charge in [0.15, 0.2) is 12.4 Å². The molecule has 1 saturated carbocycles. The summed E-state index contributed by atoms with van der Waals surface area (Å²) in [7, 11) is 1.49. The molecule has 7 heteroatoms. The molecular weight excluding hydrogens is 426 g/mol. The molecule has 1 aromatic carbocycles. The van der Waals surface area contributed by atoms with Gasteiger partial charge in [-0.05, 0) is 38.0 Å². The van der Waals surface area contributed by atoms with Crippen LogP contribution in [0, 0.1) is 0 Å². The summed E-state index contributed by atoms with van der Waals surface area (Å²) in [5.41, 5.74) is 0.412. The molecule has 0 aliphatic heterocycles. The Bertz CT molecular complexity index is 700. The van der Waals surface area contributed by atoms with E-state index >= 15 is 0 Å². The van der Waals surface area contributed by atoms with Crippen molar-refractivity contribution in [3.05, 3.63) is 28.2 Å². The van der Waals surface area contributed by atoms with E-state index in [1.54, 1.807) is 18.2 Å². The monoisotopic (exact) mass is 453 g/mol. The minimum Gasteiger partial charge on any atom is -0.496 e. The molecule has 1 fully saturated rings. The van der Waals surface area contributed by atoms with Crippen LogP contribution in [0.2, 0.25) is 0 Å². The second-order valence-corrected chi connectivity index (χ2v) is 7.82. The number of ether oxygens (including phenoxy) is 2. The Kier molecular flexibility index (Phi) is 8.96. The van der Waals surface area contributed by atoms with Crippen molar-refractivity contribution >= 4 is 33.6 Å². The zero-order valence-corrected chi connectivity index (χ0v) is 18.1. The Balaban J connectivity index is 1.81. The van der Waals surface area contributed by atoms with Gasteiger partial charge in [0.1, 0.15) is 5.75 Å². The van der Waals surface area contributed by atoms with E-state index in [0.29, 0.717) is 17.9 Å². The molecule has 0 atom stereocenters. The lowest BCUT2D eigenvalue weighted by atomic mass is 9.94. The molecule has 6 nitrogen and oxygen atoms in total. The maximum absolute atomic E-state index is 12.4. The van der Waals surface area contributed by atoms with Crippen molar-refractivity contribution in [2.75, 3.05) is 20.3 Å². The van der Waals surface area contributed by atoms with Crippen molar-refractivity contribution in [3.8, 4) is 5.75 Å². The van der Waals surface area contributed by atoms with Gasteiger partial charge in [-0.1, -0.05) is 35.2 Å². The predicted octanol–water partition coefficient (Wildman–Crippen LogP) is 4.15.